The minimum atomic E-state index is -1.12. The number of ether oxygens (including phenoxy) is 2. The molecule has 1 aromatic carbocycles. The number of carbonyl (C=O) groups excluding carboxylic acids is 2. The third kappa shape index (κ3) is 2.85. The molecule has 0 aliphatic carbocycles. The van der Waals surface area contributed by atoms with Crippen molar-refractivity contribution in [2.24, 2.45) is 0 Å². The van der Waals surface area contributed by atoms with Crippen LogP contribution in [0.25, 0.3) is 0 Å². The lowest BCUT2D eigenvalue weighted by Gasteiger charge is -2.25. The van der Waals surface area contributed by atoms with Gasteiger partial charge in [0.1, 0.15) is 18.0 Å². The molecule has 0 saturated carbocycles. The highest BCUT2D eigenvalue weighted by Gasteiger charge is 2.56. The summed E-state index contributed by atoms with van der Waals surface area (Å²) in [4.78, 5) is 24.5. The molecular formula is C14H13ClF2N2O4S. The summed E-state index contributed by atoms with van der Waals surface area (Å²) in [7, 11) is 0. The average Bonchev–Trinajstić information content (AvgIpc) is 2.96. The molecule has 2 aliphatic rings. The van der Waals surface area contributed by atoms with Gasteiger partial charge in [-0.1, -0.05) is 24.4 Å². The number of rotatable bonds is 2. The molecule has 2 saturated heterocycles. The van der Waals surface area contributed by atoms with E-state index in [0.29, 0.717) is 10.4 Å². The van der Waals surface area contributed by atoms with Gasteiger partial charge >= 0.3 is 0 Å². The number of halogens is 3. The highest BCUT2D eigenvalue weighted by molar-refractivity contribution is 7.82. The Morgan fingerprint density at radius 2 is 2.00 bits per heavy atom. The number of hydrogen-bond acceptors (Lipinski definition) is 5. The van der Waals surface area contributed by atoms with E-state index in [2.05, 4.69) is 18.1 Å². The number of carbonyl (C=O) groups is 2. The third-order valence-electron chi connectivity index (χ3n) is 3.71. The average molecular weight is 379 g/mol. The molecule has 6 nitrogen and oxygen atoms in total. The zero-order valence-electron chi connectivity index (χ0n) is 12.5. The number of nitrogens with zero attached hydrogens (tertiary/aromatic N) is 1. The van der Waals surface area contributed by atoms with Crippen LogP contribution >= 0.6 is 24.4 Å². The molecule has 1 N–H and O–H groups in total. The second-order valence-corrected chi connectivity index (χ2v) is 6.68. The quantitative estimate of drug-likeness (QED) is 0.608. The fourth-order valence-corrected chi connectivity index (χ4v) is 3.12. The van der Waals surface area contributed by atoms with E-state index in [0.717, 1.165) is 6.07 Å². The summed E-state index contributed by atoms with van der Waals surface area (Å²) >= 11 is 9.57. The van der Waals surface area contributed by atoms with Gasteiger partial charge in [0.05, 0.1) is 10.7 Å². The summed E-state index contributed by atoms with van der Waals surface area (Å²) in [6.45, 7) is 3.22. The highest BCUT2D eigenvalue weighted by atomic mass is 35.5. The first kappa shape index (κ1) is 17.4. The van der Waals surface area contributed by atoms with Crippen molar-refractivity contribution in [3.8, 4) is 0 Å². The summed E-state index contributed by atoms with van der Waals surface area (Å²) in [5.74, 6) is -4.29. The van der Waals surface area contributed by atoms with Crippen LogP contribution in [-0.4, -0.2) is 35.9 Å². The van der Waals surface area contributed by atoms with Gasteiger partial charge in [0.15, 0.2) is 17.7 Å². The molecule has 2 fully saturated rings. The Morgan fingerprint density at radius 1 is 1.33 bits per heavy atom. The van der Waals surface area contributed by atoms with Gasteiger partial charge in [-0.05, 0) is 19.9 Å². The lowest BCUT2D eigenvalue weighted by Crippen LogP contribution is -2.47. The highest BCUT2D eigenvalue weighted by Crippen LogP contribution is 2.35. The SMILES string of the molecule is CC1(C)OC2C(=O)NC(C(=O)N(S)c3cc(Cl)c(F)cc3F)C2O1. The summed E-state index contributed by atoms with van der Waals surface area (Å²) < 4.78 is 38.8. The van der Waals surface area contributed by atoms with Crippen LogP contribution in [-0.2, 0) is 19.1 Å². The largest absolute Gasteiger partial charge is 0.341 e. The summed E-state index contributed by atoms with van der Waals surface area (Å²) in [5, 5.41) is 2.06. The van der Waals surface area contributed by atoms with E-state index >= 15 is 0 Å². The maximum Gasteiger partial charge on any atom is 0.262 e. The Balaban J connectivity index is 1.87. The van der Waals surface area contributed by atoms with Crippen LogP contribution in [0.5, 0.6) is 0 Å². The molecule has 3 atom stereocenters. The molecule has 2 heterocycles. The predicted octanol–water partition coefficient (Wildman–Crippen LogP) is 1.81. The van der Waals surface area contributed by atoms with E-state index in [1.54, 1.807) is 13.8 Å². The number of hydrogen-bond donors (Lipinski definition) is 2. The van der Waals surface area contributed by atoms with Crippen molar-refractivity contribution < 1.29 is 27.8 Å². The number of benzene rings is 1. The van der Waals surface area contributed by atoms with E-state index in [1.807, 2.05) is 0 Å². The van der Waals surface area contributed by atoms with E-state index in [4.69, 9.17) is 21.1 Å². The normalized spacial score (nSPS) is 27.8. The Kier molecular flexibility index (Phi) is 4.23. The smallest absolute Gasteiger partial charge is 0.262 e. The Morgan fingerprint density at radius 3 is 2.67 bits per heavy atom. The second kappa shape index (κ2) is 5.83. The lowest BCUT2D eigenvalue weighted by molar-refractivity contribution is -0.163. The Bertz CT molecular complexity index is 733. The van der Waals surface area contributed by atoms with Gasteiger partial charge in [0.2, 0.25) is 0 Å². The molecule has 0 bridgehead atoms. The molecule has 0 aromatic heterocycles. The zero-order chi connectivity index (χ0) is 17.8. The van der Waals surface area contributed by atoms with Crippen molar-refractivity contribution in [1.29, 1.82) is 0 Å². The Hall–Kier alpha value is -1.42. The zero-order valence-corrected chi connectivity index (χ0v) is 14.2. The van der Waals surface area contributed by atoms with E-state index in [-0.39, 0.29) is 10.7 Å². The topological polar surface area (TPSA) is 67.9 Å². The molecule has 0 radical (unpaired) electrons. The van der Waals surface area contributed by atoms with E-state index < -0.39 is 47.5 Å². The molecule has 24 heavy (non-hydrogen) atoms. The summed E-state index contributed by atoms with van der Waals surface area (Å²) in [6, 6.07) is 0.356. The molecule has 2 amide bonds. The first-order chi connectivity index (χ1) is 11.1. The van der Waals surface area contributed by atoms with Gasteiger partial charge in [-0.3, -0.25) is 13.9 Å². The molecule has 3 unspecified atom stereocenters. The molecule has 10 heteroatoms. The third-order valence-corrected chi connectivity index (χ3v) is 4.41. The standard InChI is InChI=1S/C14H13ClF2N2O4S/c1-14(2)22-10-9(18-12(20)11(10)23-14)13(21)19(24)8-3-5(15)6(16)4-7(8)17/h3-4,9-11,24H,1-2H3,(H,18,20). The van der Waals surface area contributed by atoms with Crippen molar-refractivity contribution in [1.82, 2.24) is 5.32 Å². The van der Waals surface area contributed by atoms with Crippen LogP contribution in [0, 0.1) is 11.6 Å². The molecule has 1 aromatic rings. The first-order valence-corrected chi connectivity index (χ1v) is 7.72. The van der Waals surface area contributed by atoms with Gasteiger partial charge in [0, 0.05) is 6.07 Å². The van der Waals surface area contributed by atoms with Gasteiger partial charge in [0.25, 0.3) is 11.8 Å². The second-order valence-electron chi connectivity index (χ2n) is 5.87. The molecular weight excluding hydrogens is 366 g/mol. The van der Waals surface area contributed by atoms with E-state index in [1.165, 1.54) is 0 Å². The first-order valence-electron chi connectivity index (χ1n) is 6.94. The fraction of sp³-hybridized carbons (Fsp3) is 0.429. The van der Waals surface area contributed by atoms with Crippen molar-refractivity contribution in [3.63, 3.8) is 0 Å². The number of anilines is 1. The number of fused-ring (bicyclic) bond motifs is 1. The van der Waals surface area contributed by atoms with E-state index in [9.17, 15) is 18.4 Å². The molecule has 2 aliphatic heterocycles. The van der Waals surface area contributed by atoms with Crippen LogP contribution in [0.2, 0.25) is 5.02 Å². The van der Waals surface area contributed by atoms with Crippen LogP contribution in [0.15, 0.2) is 12.1 Å². The minimum absolute atomic E-state index is 0.342. The molecule has 0 spiro atoms. The van der Waals surface area contributed by atoms with Crippen LogP contribution in [0.3, 0.4) is 0 Å². The summed E-state index contributed by atoms with van der Waals surface area (Å²) in [6.07, 6.45) is -1.83. The maximum absolute atomic E-state index is 13.9. The maximum atomic E-state index is 13.9. The minimum Gasteiger partial charge on any atom is -0.341 e. The van der Waals surface area contributed by atoms with Crippen LogP contribution < -0.4 is 9.62 Å². The van der Waals surface area contributed by atoms with Crippen molar-refractivity contribution in [2.45, 2.75) is 37.9 Å². The number of nitrogens with one attached hydrogen (secondary N) is 1. The molecule has 130 valence electrons. The lowest BCUT2D eigenvalue weighted by atomic mass is 10.1. The summed E-state index contributed by atoms with van der Waals surface area (Å²) in [5.41, 5.74) is -0.342. The van der Waals surface area contributed by atoms with Crippen molar-refractivity contribution >= 4 is 41.9 Å². The van der Waals surface area contributed by atoms with Gasteiger partial charge < -0.3 is 14.8 Å². The van der Waals surface area contributed by atoms with Gasteiger partial charge in [-0.15, -0.1) is 0 Å². The molecule has 3 rings (SSSR count). The van der Waals surface area contributed by atoms with Crippen molar-refractivity contribution in [3.05, 3.63) is 28.8 Å². The fourth-order valence-electron chi connectivity index (χ4n) is 2.68. The van der Waals surface area contributed by atoms with Crippen molar-refractivity contribution in [2.75, 3.05) is 4.31 Å². The monoisotopic (exact) mass is 378 g/mol. The van der Waals surface area contributed by atoms with Crippen LogP contribution in [0.1, 0.15) is 13.8 Å². The van der Waals surface area contributed by atoms with Gasteiger partial charge in [-0.2, -0.15) is 0 Å². The number of thiol groups is 1. The predicted molar refractivity (Wildman–Crippen MR) is 83.6 cm³/mol. The van der Waals surface area contributed by atoms with Crippen LogP contribution in [0.4, 0.5) is 14.5 Å². The number of amides is 2. The van der Waals surface area contributed by atoms with Gasteiger partial charge in [-0.25, -0.2) is 8.78 Å². The Labute approximate surface area is 146 Å².